The van der Waals surface area contributed by atoms with Crippen LogP contribution in [0.5, 0.6) is 0 Å². The van der Waals surface area contributed by atoms with Crippen molar-refractivity contribution < 1.29 is 24.0 Å². The number of nitro groups is 1. The zero-order valence-corrected chi connectivity index (χ0v) is 9.30. The van der Waals surface area contributed by atoms with Crippen LogP contribution in [0.2, 0.25) is 0 Å². The fourth-order valence-electron chi connectivity index (χ4n) is 1.04. The maximum Gasteiger partial charge on any atom is 0.381 e. The van der Waals surface area contributed by atoms with Gasteiger partial charge in [-0.15, -0.1) is 0 Å². The van der Waals surface area contributed by atoms with Crippen LogP contribution in [0.15, 0.2) is 0 Å². The maximum absolute atomic E-state index is 11.1. The molecular weight excluding hydrogens is 218 g/mol. The van der Waals surface area contributed by atoms with E-state index in [0.29, 0.717) is 0 Å². The van der Waals surface area contributed by atoms with Gasteiger partial charge in [0.15, 0.2) is 0 Å². The summed E-state index contributed by atoms with van der Waals surface area (Å²) in [5.41, 5.74) is 0. The Labute approximate surface area is 92.9 Å². The van der Waals surface area contributed by atoms with Crippen molar-refractivity contribution in [2.24, 2.45) is 0 Å². The van der Waals surface area contributed by atoms with Gasteiger partial charge in [-0.2, -0.15) is 0 Å². The molecule has 0 N–H and O–H groups in total. The molecule has 0 aromatic rings. The van der Waals surface area contributed by atoms with Gasteiger partial charge >= 0.3 is 18.0 Å². The number of nitrogens with zero attached hydrogens (tertiary/aromatic N) is 1. The Bertz CT molecular complexity index is 265. The van der Waals surface area contributed by atoms with E-state index in [9.17, 15) is 19.7 Å². The molecule has 0 rings (SSSR count). The Morgan fingerprint density at radius 3 is 2.25 bits per heavy atom. The van der Waals surface area contributed by atoms with Crippen LogP contribution in [-0.4, -0.2) is 36.1 Å². The van der Waals surface area contributed by atoms with Gasteiger partial charge < -0.3 is 9.47 Å². The number of carbonyl (C=O) groups is 2. The molecule has 0 aliphatic heterocycles. The minimum Gasteiger partial charge on any atom is -0.466 e. The van der Waals surface area contributed by atoms with E-state index in [1.165, 1.54) is 0 Å². The van der Waals surface area contributed by atoms with Crippen LogP contribution < -0.4 is 0 Å². The van der Waals surface area contributed by atoms with Gasteiger partial charge in [0.2, 0.25) is 0 Å². The molecule has 0 bridgehead atoms. The molecule has 0 heterocycles. The summed E-state index contributed by atoms with van der Waals surface area (Å²) in [7, 11) is 0. The van der Waals surface area contributed by atoms with Crippen LogP contribution in [0.4, 0.5) is 0 Å². The molecule has 0 aromatic carbocycles. The van der Waals surface area contributed by atoms with E-state index in [0.717, 1.165) is 0 Å². The van der Waals surface area contributed by atoms with Gasteiger partial charge in [-0.25, -0.2) is 4.79 Å². The second-order valence-corrected chi connectivity index (χ2v) is 2.90. The van der Waals surface area contributed by atoms with Gasteiger partial charge in [-0.05, 0) is 13.8 Å². The number of rotatable bonds is 7. The first-order valence-corrected chi connectivity index (χ1v) is 4.98. The summed E-state index contributed by atoms with van der Waals surface area (Å²) in [5, 5.41) is 10.5. The van der Waals surface area contributed by atoms with E-state index in [1.54, 1.807) is 13.8 Å². The number of esters is 2. The van der Waals surface area contributed by atoms with Crippen molar-refractivity contribution in [2.75, 3.05) is 13.2 Å². The van der Waals surface area contributed by atoms with Gasteiger partial charge in [-0.3, -0.25) is 14.9 Å². The summed E-state index contributed by atoms with van der Waals surface area (Å²) in [6.45, 7) is 3.47. The van der Waals surface area contributed by atoms with Crippen LogP contribution >= 0.6 is 0 Å². The molecular formula is C9H15NO6. The van der Waals surface area contributed by atoms with Crippen molar-refractivity contribution in [2.45, 2.75) is 32.7 Å². The smallest absolute Gasteiger partial charge is 0.381 e. The summed E-state index contributed by atoms with van der Waals surface area (Å²) >= 11 is 0. The zero-order chi connectivity index (χ0) is 12.6. The predicted molar refractivity (Wildman–Crippen MR) is 53.3 cm³/mol. The first kappa shape index (κ1) is 14.3. The quantitative estimate of drug-likeness (QED) is 0.361. The first-order valence-electron chi connectivity index (χ1n) is 4.98. The lowest BCUT2D eigenvalue weighted by Gasteiger charge is -2.07. The lowest BCUT2D eigenvalue weighted by Crippen LogP contribution is -2.32. The number of hydrogen-bond donors (Lipinski definition) is 0. The van der Waals surface area contributed by atoms with Crippen molar-refractivity contribution in [3.05, 3.63) is 10.1 Å². The molecule has 0 saturated carbocycles. The molecule has 0 fully saturated rings. The normalized spacial score (nSPS) is 11.6. The number of ether oxygens (including phenoxy) is 2. The van der Waals surface area contributed by atoms with Gasteiger partial charge in [0, 0.05) is 11.3 Å². The number of hydrogen-bond acceptors (Lipinski definition) is 6. The highest BCUT2D eigenvalue weighted by Gasteiger charge is 2.31. The highest BCUT2D eigenvalue weighted by molar-refractivity contribution is 5.76. The molecule has 1 unspecified atom stereocenters. The number of carbonyl (C=O) groups excluding carboxylic acids is 2. The van der Waals surface area contributed by atoms with E-state index in [4.69, 9.17) is 0 Å². The molecule has 0 amide bonds. The van der Waals surface area contributed by atoms with Crippen LogP contribution in [0.1, 0.15) is 26.7 Å². The fourth-order valence-corrected chi connectivity index (χ4v) is 1.04. The third-order valence-electron chi connectivity index (χ3n) is 1.74. The fraction of sp³-hybridized carbons (Fsp3) is 0.778. The van der Waals surface area contributed by atoms with E-state index >= 15 is 0 Å². The second-order valence-electron chi connectivity index (χ2n) is 2.90. The molecule has 0 aliphatic rings. The van der Waals surface area contributed by atoms with Crippen LogP contribution in [0.3, 0.4) is 0 Å². The largest absolute Gasteiger partial charge is 0.466 e. The standard InChI is InChI=1S/C9H15NO6/c1-3-15-8(11)6-5-7(10(13)14)9(12)16-4-2/h7H,3-6H2,1-2H3. The van der Waals surface area contributed by atoms with Gasteiger partial charge in [0.05, 0.1) is 19.6 Å². The summed E-state index contributed by atoms with van der Waals surface area (Å²) in [6.07, 6.45) is -0.372. The Hall–Kier alpha value is -1.66. The monoisotopic (exact) mass is 233 g/mol. The van der Waals surface area contributed by atoms with Crippen molar-refractivity contribution in [1.29, 1.82) is 0 Å². The molecule has 0 aliphatic carbocycles. The topological polar surface area (TPSA) is 95.7 Å². The molecule has 0 aromatic heterocycles. The van der Waals surface area contributed by atoms with Crippen LogP contribution in [0, 0.1) is 10.1 Å². The highest BCUT2D eigenvalue weighted by Crippen LogP contribution is 2.05. The predicted octanol–water partition coefficient (Wildman–Crippen LogP) is 0.538. The highest BCUT2D eigenvalue weighted by atomic mass is 16.6. The van der Waals surface area contributed by atoms with Crippen molar-refractivity contribution in [3.63, 3.8) is 0 Å². The molecule has 16 heavy (non-hydrogen) atoms. The van der Waals surface area contributed by atoms with Crippen molar-refractivity contribution >= 4 is 11.9 Å². The molecule has 0 spiro atoms. The first-order chi connectivity index (χ1) is 7.52. The van der Waals surface area contributed by atoms with Crippen molar-refractivity contribution in [3.8, 4) is 0 Å². The van der Waals surface area contributed by atoms with E-state index in [1.807, 2.05) is 0 Å². The molecule has 1 atom stereocenters. The molecule has 7 nitrogen and oxygen atoms in total. The summed E-state index contributed by atoms with van der Waals surface area (Å²) < 4.78 is 9.12. The summed E-state index contributed by atoms with van der Waals surface area (Å²) in [5.74, 6) is -1.48. The molecule has 92 valence electrons. The summed E-state index contributed by atoms with van der Waals surface area (Å²) in [4.78, 5) is 31.9. The molecule has 0 saturated heterocycles. The Morgan fingerprint density at radius 1 is 1.25 bits per heavy atom. The van der Waals surface area contributed by atoms with Crippen LogP contribution in [-0.2, 0) is 19.1 Å². The Balaban J connectivity index is 4.19. The molecule has 0 radical (unpaired) electrons. The second kappa shape index (κ2) is 7.61. The van der Waals surface area contributed by atoms with E-state index in [-0.39, 0.29) is 26.1 Å². The Kier molecular flexibility index (Phi) is 6.82. The zero-order valence-electron chi connectivity index (χ0n) is 9.30. The van der Waals surface area contributed by atoms with Gasteiger partial charge in [0.25, 0.3) is 0 Å². The SMILES string of the molecule is CCOC(=O)CCC(C(=O)OCC)[N+](=O)[O-]. The average molecular weight is 233 g/mol. The van der Waals surface area contributed by atoms with E-state index < -0.39 is 22.9 Å². The molecule has 7 heteroatoms. The average Bonchev–Trinajstić information content (AvgIpc) is 2.18. The summed E-state index contributed by atoms with van der Waals surface area (Å²) in [6, 6.07) is -1.50. The minimum absolute atomic E-state index is 0.0720. The van der Waals surface area contributed by atoms with Gasteiger partial charge in [0.1, 0.15) is 0 Å². The van der Waals surface area contributed by atoms with Gasteiger partial charge in [-0.1, -0.05) is 0 Å². The third-order valence-corrected chi connectivity index (χ3v) is 1.74. The Morgan fingerprint density at radius 2 is 1.81 bits per heavy atom. The van der Waals surface area contributed by atoms with Crippen molar-refractivity contribution in [1.82, 2.24) is 0 Å². The lowest BCUT2D eigenvalue weighted by molar-refractivity contribution is -0.511. The maximum atomic E-state index is 11.1. The lowest BCUT2D eigenvalue weighted by atomic mass is 10.1. The van der Waals surface area contributed by atoms with Crippen LogP contribution in [0.25, 0.3) is 0 Å². The third kappa shape index (κ3) is 5.28. The minimum atomic E-state index is -1.50. The van der Waals surface area contributed by atoms with E-state index in [2.05, 4.69) is 9.47 Å².